The van der Waals surface area contributed by atoms with E-state index in [9.17, 15) is 0 Å². The van der Waals surface area contributed by atoms with E-state index in [1.165, 1.54) is 5.56 Å². The highest BCUT2D eigenvalue weighted by molar-refractivity contribution is 5.30. The van der Waals surface area contributed by atoms with E-state index in [4.69, 9.17) is 4.74 Å². The molecule has 1 aliphatic heterocycles. The molecule has 0 amide bonds. The molecule has 5 heteroatoms. The summed E-state index contributed by atoms with van der Waals surface area (Å²) < 4.78 is 5.39. The summed E-state index contributed by atoms with van der Waals surface area (Å²) in [7, 11) is 0. The van der Waals surface area contributed by atoms with E-state index in [0.717, 1.165) is 57.2 Å². The zero-order valence-corrected chi connectivity index (χ0v) is 15.9. The molecule has 1 aromatic heterocycles. The normalized spacial score (nSPS) is 16.0. The number of aromatic nitrogens is 2. The van der Waals surface area contributed by atoms with Crippen molar-refractivity contribution in [3.63, 3.8) is 0 Å². The highest BCUT2D eigenvalue weighted by atomic mass is 16.5. The standard InChI is InChI=1S/C21H30N4O/c1-3-18(4-2)20(19-8-6-5-7-9-19)22-14-17-15-23-21(24-16-17)25-10-12-26-13-11-25/h5-9,15-16,18,20,22H,3-4,10-14H2,1-2H3/t20-/m1/s1. The zero-order chi connectivity index (χ0) is 18.2. The predicted octanol–water partition coefficient (Wildman–Crippen LogP) is 3.58. The van der Waals surface area contributed by atoms with Gasteiger partial charge >= 0.3 is 0 Å². The second kappa shape index (κ2) is 9.64. The number of anilines is 1. The molecule has 1 atom stereocenters. The molecule has 1 N–H and O–H groups in total. The number of nitrogens with zero attached hydrogens (tertiary/aromatic N) is 3. The lowest BCUT2D eigenvalue weighted by Crippen LogP contribution is -2.37. The van der Waals surface area contributed by atoms with Gasteiger partial charge in [-0.2, -0.15) is 0 Å². The minimum absolute atomic E-state index is 0.352. The Morgan fingerprint density at radius 2 is 1.69 bits per heavy atom. The lowest BCUT2D eigenvalue weighted by molar-refractivity contribution is 0.122. The molecule has 0 spiro atoms. The van der Waals surface area contributed by atoms with Gasteiger partial charge in [0, 0.05) is 43.6 Å². The lowest BCUT2D eigenvalue weighted by atomic mass is 9.88. The van der Waals surface area contributed by atoms with Gasteiger partial charge in [0.25, 0.3) is 0 Å². The second-order valence-electron chi connectivity index (χ2n) is 6.84. The number of hydrogen-bond acceptors (Lipinski definition) is 5. The fraction of sp³-hybridized carbons (Fsp3) is 0.524. The van der Waals surface area contributed by atoms with Crippen LogP contribution < -0.4 is 10.2 Å². The topological polar surface area (TPSA) is 50.3 Å². The van der Waals surface area contributed by atoms with Gasteiger partial charge in [-0.15, -0.1) is 0 Å². The lowest BCUT2D eigenvalue weighted by Gasteiger charge is -2.28. The Morgan fingerprint density at radius 1 is 1.04 bits per heavy atom. The number of hydrogen-bond donors (Lipinski definition) is 1. The fourth-order valence-electron chi connectivity index (χ4n) is 3.57. The number of morpholine rings is 1. The SMILES string of the molecule is CCC(CC)[C@@H](NCc1cnc(N2CCOCC2)nc1)c1ccccc1. The third-order valence-corrected chi connectivity index (χ3v) is 5.19. The maximum atomic E-state index is 5.39. The molecule has 0 bridgehead atoms. The molecule has 0 aliphatic carbocycles. The Balaban J connectivity index is 1.64. The summed E-state index contributed by atoms with van der Waals surface area (Å²) in [6, 6.07) is 11.1. The minimum Gasteiger partial charge on any atom is -0.378 e. The van der Waals surface area contributed by atoms with Crippen LogP contribution in [0.15, 0.2) is 42.7 Å². The molecule has 26 heavy (non-hydrogen) atoms. The van der Waals surface area contributed by atoms with Gasteiger partial charge in [-0.25, -0.2) is 9.97 Å². The van der Waals surface area contributed by atoms with Crippen LogP contribution in [-0.4, -0.2) is 36.3 Å². The third kappa shape index (κ3) is 4.80. The Bertz CT molecular complexity index is 637. The molecule has 2 aromatic rings. The van der Waals surface area contributed by atoms with Crippen molar-refractivity contribution in [2.24, 2.45) is 5.92 Å². The molecule has 1 fully saturated rings. The largest absolute Gasteiger partial charge is 0.378 e. The van der Waals surface area contributed by atoms with Crippen molar-refractivity contribution in [1.29, 1.82) is 0 Å². The summed E-state index contributed by atoms with van der Waals surface area (Å²) in [6.45, 7) is 8.55. The van der Waals surface area contributed by atoms with Crippen LogP contribution in [0.3, 0.4) is 0 Å². The molecule has 2 heterocycles. The van der Waals surface area contributed by atoms with Crippen molar-refractivity contribution < 1.29 is 4.74 Å². The van der Waals surface area contributed by atoms with Crippen LogP contribution in [0.1, 0.15) is 43.9 Å². The molecule has 5 nitrogen and oxygen atoms in total. The molecular formula is C21H30N4O. The predicted molar refractivity (Wildman–Crippen MR) is 105 cm³/mol. The number of nitrogens with one attached hydrogen (secondary N) is 1. The Labute approximate surface area is 156 Å². The van der Waals surface area contributed by atoms with Crippen molar-refractivity contribution in [2.45, 2.75) is 39.3 Å². The third-order valence-electron chi connectivity index (χ3n) is 5.19. The van der Waals surface area contributed by atoms with E-state index in [1.807, 2.05) is 12.4 Å². The quantitative estimate of drug-likeness (QED) is 0.785. The van der Waals surface area contributed by atoms with E-state index in [-0.39, 0.29) is 0 Å². The van der Waals surface area contributed by atoms with Crippen molar-refractivity contribution >= 4 is 5.95 Å². The number of rotatable bonds is 8. The van der Waals surface area contributed by atoms with Crippen LogP contribution in [-0.2, 0) is 11.3 Å². The summed E-state index contributed by atoms with van der Waals surface area (Å²) >= 11 is 0. The molecule has 3 rings (SSSR count). The maximum Gasteiger partial charge on any atom is 0.225 e. The number of ether oxygens (including phenoxy) is 1. The van der Waals surface area contributed by atoms with Crippen LogP contribution in [0.2, 0.25) is 0 Å². The Morgan fingerprint density at radius 3 is 2.31 bits per heavy atom. The first-order valence-electron chi connectivity index (χ1n) is 9.73. The van der Waals surface area contributed by atoms with Gasteiger partial charge in [0.05, 0.1) is 13.2 Å². The summed E-state index contributed by atoms with van der Waals surface area (Å²) in [6.07, 6.45) is 6.21. The van der Waals surface area contributed by atoms with E-state index >= 15 is 0 Å². The van der Waals surface area contributed by atoms with Crippen LogP contribution in [0, 0.1) is 5.92 Å². The van der Waals surface area contributed by atoms with E-state index in [1.54, 1.807) is 0 Å². The van der Waals surface area contributed by atoms with Crippen molar-refractivity contribution in [2.75, 3.05) is 31.2 Å². The van der Waals surface area contributed by atoms with Crippen LogP contribution >= 0.6 is 0 Å². The van der Waals surface area contributed by atoms with Crippen molar-refractivity contribution in [3.8, 4) is 0 Å². The molecule has 1 saturated heterocycles. The Kier molecular flexibility index (Phi) is 6.97. The van der Waals surface area contributed by atoms with E-state index in [0.29, 0.717) is 12.0 Å². The molecule has 1 aliphatic rings. The molecular weight excluding hydrogens is 324 g/mol. The second-order valence-corrected chi connectivity index (χ2v) is 6.84. The summed E-state index contributed by atoms with van der Waals surface area (Å²) in [5.74, 6) is 1.42. The maximum absolute atomic E-state index is 5.39. The molecule has 1 aromatic carbocycles. The number of benzene rings is 1. The highest BCUT2D eigenvalue weighted by Crippen LogP contribution is 2.27. The molecule has 0 saturated carbocycles. The van der Waals surface area contributed by atoms with Gasteiger partial charge in [-0.3, -0.25) is 0 Å². The smallest absolute Gasteiger partial charge is 0.225 e. The first-order chi connectivity index (χ1) is 12.8. The minimum atomic E-state index is 0.352. The van der Waals surface area contributed by atoms with Gasteiger partial charge in [-0.05, 0) is 11.5 Å². The summed E-state index contributed by atoms with van der Waals surface area (Å²) in [5.41, 5.74) is 2.47. The van der Waals surface area contributed by atoms with Crippen LogP contribution in [0.4, 0.5) is 5.95 Å². The van der Waals surface area contributed by atoms with Crippen molar-refractivity contribution in [3.05, 3.63) is 53.9 Å². The monoisotopic (exact) mass is 354 g/mol. The molecule has 0 radical (unpaired) electrons. The fourth-order valence-corrected chi connectivity index (χ4v) is 3.57. The van der Waals surface area contributed by atoms with Gasteiger partial charge in [0.2, 0.25) is 5.95 Å². The zero-order valence-electron chi connectivity index (χ0n) is 15.9. The van der Waals surface area contributed by atoms with Gasteiger partial charge < -0.3 is 15.0 Å². The van der Waals surface area contributed by atoms with E-state index < -0.39 is 0 Å². The average Bonchev–Trinajstić information content (AvgIpc) is 2.73. The van der Waals surface area contributed by atoms with Gasteiger partial charge in [-0.1, -0.05) is 57.0 Å². The van der Waals surface area contributed by atoms with E-state index in [2.05, 4.69) is 64.4 Å². The molecule has 0 unspecified atom stereocenters. The summed E-state index contributed by atoms with van der Waals surface area (Å²) in [4.78, 5) is 11.3. The van der Waals surface area contributed by atoms with Crippen LogP contribution in [0.5, 0.6) is 0 Å². The molecule has 140 valence electrons. The summed E-state index contributed by atoms with van der Waals surface area (Å²) in [5, 5.41) is 3.74. The van der Waals surface area contributed by atoms with Gasteiger partial charge in [0.1, 0.15) is 0 Å². The first-order valence-corrected chi connectivity index (χ1v) is 9.73. The average molecular weight is 354 g/mol. The van der Waals surface area contributed by atoms with Crippen LogP contribution in [0.25, 0.3) is 0 Å². The highest BCUT2D eigenvalue weighted by Gasteiger charge is 2.20. The van der Waals surface area contributed by atoms with Gasteiger partial charge in [0.15, 0.2) is 0 Å². The first kappa shape index (κ1) is 18.8. The Hall–Kier alpha value is -1.98. The van der Waals surface area contributed by atoms with Crippen molar-refractivity contribution in [1.82, 2.24) is 15.3 Å².